The number of halogens is 1. The highest BCUT2D eigenvalue weighted by Crippen LogP contribution is 2.26. The number of rotatable bonds is 4. The van der Waals surface area contributed by atoms with Gasteiger partial charge in [0, 0.05) is 13.6 Å². The lowest BCUT2D eigenvalue weighted by atomic mass is 10.1. The number of nitrogens with zero attached hydrogens (tertiary/aromatic N) is 1. The van der Waals surface area contributed by atoms with Crippen LogP contribution in [0.2, 0.25) is 0 Å². The third kappa shape index (κ3) is 2.91. The minimum absolute atomic E-state index is 0.00931. The normalized spacial score (nSPS) is 11.4. The predicted octanol–water partition coefficient (Wildman–Crippen LogP) is 2.42. The first-order valence-corrected chi connectivity index (χ1v) is 7.85. The van der Waals surface area contributed by atoms with Gasteiger partial charge >= 0.3 is 0 Å². The molecule has 0 spiro atoms. The number of nitrogens with two attached hydrogens (primary N) is 1. The van der Waals surface area contributed by atoms with E-state index >= 15 is 0 Å². The maximum absolute atomic E-state index is 13.8. The average Bonchev–Trinajstić information content (AvgIpc) is 2.47. The second kappa shape index (κ2) is 5.83. The molecule has 0 heterocycles. The van der Waals surface area contributed by atoms with Gasteiger partial charge in [0.25, 0.3) is 10.0 Å². The summed E-state index contributed by atoms with van der Waals surface area (Å²) in [4.78, 5) is 0.135. The molecule has 2 N–H and O–H groups in total. The van der Waals surface area contributed by atoms with E-state index in [-0.39, 0.29) is 17.1 Å². The van der Waals surface area contributed by atoms with E-state index in [9.17, 15) is 12.8 Å². The van der Waals surface area contributed by atoms with E-state index < -0.39 is 15.8 Å². The van der Waals surface area contributed by atoms with Crippen molar-refractivity contribution in [3.8, 4) is 0 Å². The summed E-state index contributed by atoms with van der Waals surface area (Å²) in [5.74, 6) is -0.587. The second-order valence-corrected chi connectivity index (χ2v) is 6.67. The highest BCUT2D eigenvalue weighted by Gasteiger charge is 2.25. The maximum Gasteiger partial charge on any atom is 0.264 e. The van der Waals surface area contributed by atoms with Crippen molar-refractivity contribution < 1.29 is 12.8 Å². The Morgan fingerprint density at radius 1 is 1.19 bits per heavy atom. The summed E-state index contributed by atoms with van der Waals surface area (Å²) in [6, 6.07) is 10.8. The number of para-hydroxylation sites is 1. The largest absolute Gasteiger partial charge is 0.326 e. The Bertz CT molecular complexity index is 760. The van der Waals surface area contributed by atoms with Crippen molar-refractivity contribution in [3.63, 3.8) is 0 Å². The molecule has 6 heteroatoms. The van der Waals surface area contributed by atoms with Gasteiger partial charge < -0.3 is 5.73 Å². The predicted molar refractivity (Wildman–Crippen MR) is 81.1 cm³/mol. The van der Waals surface area contributed by atoms with Crippen LogP contribution in [-0.4, -0.2) is 15.5 Å². The Kier molecular flexibility index (Phi) is 4.29. The molecule has 2 rings (SSSR count). The van der Waals surface area contributed by atoms with E-state index in [4.69, 9.17) is 5.73 Å². The highest BCUT2D eigenvalue weighted by atomic mass is 32.2. The molecular formula is C15H17FN2O2S. The van der Waals surface area contributed by atoms with Crippen LogP contribution in [0.3, 0.4) is 0 Å². The fraction of sp³-hybridized carbons (Fsp3) is 0.200. The van der Waals surface area contributed by atoms with E-state index in [2.05, 4.69) is 0 Å². The Labute approximate surface area is 124 Å². The van der Waals surface area contributed by atoms with E-state index in [0.29, 0.717) is 11.1 Å². The Morgan fingerprint density at radius 3 is 2.48 bits per heavy atom. The summed E-state index contributed by atoms with van der Waals surface area (Å²) in [6.07, 6.45) is 0. The molecule has 21 heavy (non-hydrogen) atoms. The molecule has 0 aliphatic heterocycles. The van der Waals surface area contributed by atoms with E-state index in [0.717, 1.165) is 4.31 Å². The molecule has 4 nitrogen and oxygen atoms in total. The van der Waals surface area contributed by atoms with Crippen molar-refractivity contribution in [2.45, 2.75) is 18.4 Å². The van der Waals surface area contributed by atoms with Crippen LogP contribution in [0, 0.1) is 12.7 Å². The number of benzene rings is 2. The third-order valence-electron chi connectivity index (χ3n) is 3.32. The first kappa shape index (κ1) is 15.5. The first-order chi connectivity index (χ1) is 9.87. The summed E-state index contributed by atoms with van der Waals surface area (Å²) in [5.41, 5.74) is 6.87. The van der Waals surface area contributed by atoms with Gasteiger partial charge in [-0.3, -0.25) is 4.31 Å². The van der Waals surface area contributed by atoms with Gasteiger partial charge in [-0.1, -0.05) is 24.3 Å². The molecule has 0 saturated heterocycles. The van der Waals surface area contributed by atoms with Crippen molar-refractivity contribution in [2.24, 2.45) is 5.73 Å². The average molecular weight is 308 g/mol. The van der Waals surface area contributed by atoms with Crippen LogP contribution in [-0.2, 0) is 16.6 Å². The monoisotopic (exact) mass is 308 g/mol. The lowest BCUT2D eigenvalue weighted by molar-refractivity contribution is 0.589. The van der Waals surface area contributed by atoms with Crippen LogP contribution >= 0.6 is 0 Å². The van der Waals surface area contributed by atoms with Gasteiger partial charge in [0.1, 0.15) is 5.82 Å². The number of sulfonamides is 1. The molecule has 112 valence electrons. The van der Waals surface area contributed by atoms with Crippen LogP contribution in [0.15, 0.2) is 47.4 Å². The quantitative estimate of drug-likeness (QED) is 0.943. The van der Waals surface area contributed by atoms with E-state index in [1.165, 1.54) is 31.3 Å². The standard InChI is InChI=1S/C15H17FN2O2S/c1-11-7-8-12(10-17)9-15(11)21(19,20)18(2)14-6-4-3-5-13(14)16/h3-9H,10,17H2,1-2H3. The SMILES string of the molecule is Cc1ccc(CN)cc1S(=O)(=O)N(C)c1ccccc1F. The van der Waals surface area contributed by atoms with Crippen LogP contribution in [0.5, 0.6) is 0 Å². The molecular weight excluding hydrogens is 291 g/mol. The molecule has 0 unspecified atom stereocenters. The maximum atomic E-state index is 13.8. The molecule has 0 atom stereocenters. The summed E-state index contributed by atoms with van der Waals surface area (Å²) in [6.45, 7) is 1.94. The molecule has 0 aliphatic carbocycles. The summed E-state index contributed by atoms with van der Waals surface area (Å²) in [7, 11) is -2.50. The topological polar surface area (TPSA) is 63.4 Å². The molecule has 0 fully saturated rings. The lowest BCUT2D eigenvalue weighted by Gasteiger charge is -2.21. The molecule has 0 amide bonds. The highest BCUT2D eigenvalue weighted by molar-refractivity contribution is 7.92. The number of hydrogen-bond acceptors (Lipinski definition) is 3. The Balaban J connectivity index is 2.54. The minimum Gasteiger partial charge on any atom is -0.326 e. The van der Waals surface area contributed by atoms with Gasteiger partial charge in [-0.05, 0) is 36.2 Å². The van der Waals surface area contributed by atoms with Gasteiger partial charge in [-0.15, -0.1) is 0 Å². The zero-order valence-electron chi connectivity index (χ0n) is 11.9. The van der Waals surface area contributed by atoms with Crippen molar-refractivity contribution in [1.82, 2.24) is 0 Å². The zero-order valence-corrected chi connectivity index (χ0v) is 12.7. The molecule has 0 aromatic heterocycles. The van der Waals surface area contributed by atoms with Gasteiger partial charge in [-0.2, -0.15) is 0 Å². The van der Waals surface area contributed by atoms with Crippen LogP contribution in [0.25, 0.3) is 0 Å². The number of aryl methyl sites for hydroxylation is 1. The lowest BCUT2D eigenvalue weighted by Crippen LogP contribution is -2.28. The molecule has 0 radical (unpaired) electrons. The summed E-state index contributed by atoms with van der Waals surface area (Å²) >= 11 is 0. The zero-order chi connectivity index (χ0) is 15.6. The Hall–Kier alpha value is -1.92. The Morgan fingerprint density at radius 2 is 1.86 bits per heavy atom. The smallest absolute Gasteiger partial charge is 0.264 e. The van der Waals surface area contributed by atoms with Gasteiger partial charge in [-0.25, -0.2) is 12.8 Å². The van der Waals surface area contributed by atoms with Crippen molar-refractivity contribution in [1.29, 1.82) is 0 Å². The van der Waals surface area contributed by atoms with Crippen molar-refractivity contribution >= 4 is 15.7 Å². The molecule has 2 aromatic carbocycles. The van der Waals surface area contributed by atoms with Crippen molar-refractivity contribution in [3.05, 3.63) is 59.4 Å². The van der Waals surface area contributed by atoms with Gasteiger partial charge in [0.15, 0.2) is 0 Å². The van der Waals surface area contributed by atoms with Crippen LogP contribution in [0.4, 0.5) is 10.1 Å². The fourth-order valence-electron chi connectivity index (χ4n) is 2.03. The number of anilines is 1. The van der Waals surface area contributed by atoms with Crippen LogP contribution < -0.4 is 10.0 Å². The van der Waals surface area contributed by atoms with E-state index in [1.54, 1.807) is 25.1 Å². The summed E-state index contributed by atoms with van der Waals surface area (Å²) in [5, 5.41) is 0. The van der Waals surface area contributed by atoms with Crippen LogP contribution in [0.1, 0.15) is 11.1 Å². The van der Waals surface area contributed by atoms with Gasteiger partial charge in [0.2, 0.25) is 0 Å². The minimum atomic E-state index is -3.84. The second-order valence-electron chi connectivity index (χ2n) is 4.73. The summed E-state index contributed by atoms with van der Waals surface area (Å²) < 4.78 is 40.1. The van der Waals surface area contributed by atoms with Gasteiger partial charge in [0.05, 0.1) is 10.6 Å². The van der Waals surface area contributed by atoms with E-state index in [1.807, 2.05) is 0 Å². The molecule has 2 aromatic rings. The van der Waals surface area contributed by atoms with Crippen molar-refractivity contribution in [2.75, 3.05) is 11.4 Å². The molecule has 0 aliphatic rings. The first-order valence-electron chi connectivity index (χ1n) is 6.41. The third-order valence-corrected chi connectivity index (χ3v) is 5.23. The number of hydrogen-bond donors (Lipinski definition) is 1. The fourth-order valence-corrected chi connectivity index (χ4v) is 3.51. The molecule has 0 saturated carbocycles. The molecule has 0 bridgehead atoms.